The molecule has 0 atom stereocenters. The summed E-state index contributed by atoms with van der Waals surface area (Å²) in [5.41, 5.74) is 3.30. The van der Waals surface area contributed by atoms with Crippen molar-refractivity contribution in [1.82, 2.24) is 14.6 Å². The van der Waals surface area contributed by atoms with Crippen molar-refractivity contribution in [3.8, 4) is 11.3 Å². The quantitative estimate of drug-likeness (QED) is 0.773. The van der Waals surface area contributed by atoms with Crippen LogP contribution in [0.2, 0.25) is 0 Å². The van der Waals surface area contributed by atoms with Gasteiger partial charge in [0.2, 0.25) is 0 Å². The third-order valence-electron chi connectivity index (χ3n) is 4.84. The maximum atomic E-state index is 4.84. The van der Waals surface area contributed by atoms with Crippen LogP contribution in [0.25, 0.3) is 16.8 Å². The predicted molar refractivity (Wildman–Crippen MR) is 93.5 cm³/mol. The molecule has 0 aromatic carbocycles. The Hall–Kier alpha value is -2.36. The fraction of sp³-hybridized carbons (Fsp3) is 0.368. The van der Waals surface area contributed by atoms with Gasteiger partial charge in [0.05, 0.1) is 17.4 Å². The number of anilines is 1. The molecule has 1 saturated carbocycles. The van der Waals surface area contributed by atoms with E-state index in [-0.39, 0.29) is 5.54 Å². The van der Waals surface area contributed by atoms with Gasteiger partial charge in [-0.3, -0.25) is 0 Å². The lowest BCUT2D eigenvalue weighted by Gasteiger charge is -2.35. The molecule has 1 N–H and O–H groups in total. The Bertz CT molecular complexity index is 815. The van der Waals surface area contributed by atoms with Gasteiger partial charge in [-0.15, -0.1) is 0 Å². The van der Waals surface area contributed by atoms with Crippen LogP contribution in [-0.4, -0.2) is 20.1 Å². The standard InChI is InChI=1S/C19H22N4/c1-19(11-4-2-5-12-19)22-18-10-7-8-16(21-18)15-14-20-23-13-6-3-9-17(15)23/h3,6-10,13-14H,2,4-5,11-12H2,1H3,(H,21,22). The lowest BCUT2D eigenvalue weighted by molar-refractivity contribution is 0.348. The Morgan fingerprint density at radius 1 is 1.04 bits per heavy atom. The van der Waals surface area contributed by atoms with Crippen LogP contribution in [-0.2, 0) is 0 Å². The molecule has 1 fully saturated rings. The molecular formula is C19H22N4. The van der Waals surface area contributed by atoms with Crippen molar-refractivity contribution in [1.29, 1.82) is 0 Å². The van der Waals surface area contributed by atoms with Gasteiger partial charge in [0, 0.05) is 17.3 Å². The number of nitrogens with zero attached hydrogens (tertiary/aromatic N) is 3. The van der Waals surface area contributed by atoms with Crippen LogP contribution in [0.5, 0.6) is 0 Å². The number of nitrogens with one attached hydrogen (secondary N) is 1. The van der Waals surface area contributed by atoms with E-state index in [1.54, 1.807) is 0 Å². The molecular weight excluding hydrogens is 284 g/mol. The van der Waals surface area contributed by atoms with Crippen LogP contribution in [0.4, 0.5) is 5.82 Å². The molecule has 0 spiro atoms. The summed E-state index contributed by atoms with van der Waals surface area (Å²) in [7, 11) is 0. The van der Waals surface area contributed by atoms with E-state index in [4.69, 9.17) is 4.98 Å². The van der Waals surface area contributed by atoms with Crippen molar-refractivity contribution < 1.29 is 0 Å². The summed E-state index contributed by atoms with van der Waals surface area (Å²) in [6.45, 7) is 2.32. The van der Waals surface area contributed by atoms with Crippen LogP contribution < -0.4 is 5.32 Å². The molecule has 23 heavy (non-hydrogen) atoms. The Balaban J connectivity index is 1.66. The molecule has 0 aliphatic heterocycles. The first-order valence-electron chi connectivity index (χ1n) is 8.42. The van der Waals surface area contributed by atoms with Gasteiger partial charge in [-0.1, -0.05) is 31.4 Å². The Morgan fingerprint density at radius 2 is 1.91 bits per heavy atom. The van der Waals surface area contributed by atoms with Crippen LogP contribution in [0.15, 0.2) is 48.8 Å². The van der Waals surface area contributed by atoms with E-state index >= 15 is 0 Å². The van der Waals surface area contributed by atoms with E-state index in [0.717, 1.165) is 22.6 Å². The van der Waals surface area contributed by atoms with E-state index < -0.39 is 0 Å². The first-order valence-corrected chi connectivity index (χ1v) is 8.42. The fourth-order valence-corrected chi connectivity index (χ4v) is 3.55. The summed E-state index contributed by atoms with van der Waals surface area (Å²) in [5.74, 6) is 0.960. The second kappa shape index (κ2) is 5.69. The molecule has 0 radical (unpaired) electrons. The maximum absolute atomic E-state index is 4.84. The molecule has 4 rings (SSSR count). The summed E-state index contributed by atoms with van der Waals surface area (Å²) >= 11 is 0. The van der Waals surface area contributed by atoms with Crippen LogP contribution in [0.3, 0.4) is 0 Å². The van der Waals surface area contributed by atoms with Crippen molar-refractivity contribution in [2.75, 3.05) is 5.32 Å². The molecule has 0 bridgehead atoms. The molecule has 3 heterocycles. The second-order valence-corrected chi connectivity index (χ2v) is 6.74. The number of rotatable bonds is 3. The summed E-state index contributed by atoms with van der Waals surface area (Å²) in [4.78, 5) is 4.84. The zero-order valence-corrected chi connectivity index (χ0v) is 13.5. The van der Waals surface area contributed by atoms with Gasteiger partial charge in [-0.05, 0) is 44.0 Å². The topological polar surface area (TPSA) is 42.2 Å². The highest BCUT2D eigenvalue weighted by atomic mass is 15.2. The van der Waals surface area contributed by atoms with Crippen molar-refractivity contribution in [3.63, 3.8) is 0 Å². The molecule has 0 unspecified atom stereocenters. The van der Waals surface area contributed by atoms with E-state index in [2.05, 4.69) is 41.6 Å². The van der Waals surface area contributed by atoms with Crippen molar-refractivity contribution in [3.05, 3.63) is 48.8 Å². The molecule has 4 heteroatoms. The van der Waals surface area contributed by atoms with Crippen molar-refractivity contribution >= 4 is 11.3 Å². The summed E-state index contributed by atoms with van der Waals surface area (Å²) in [5, 5.41) is 8.08. The molecule has 1 aliphatic rings. The second-order valence-electron chi connectivity index (χ2n) is 6.74. The van der Waals surface area contributed by atoms with E-state index in [1.807, 2.05) is 29.0 Å². The van der Waals surface area contributed by atoms with Gasteiger partial charge in [0.1, 0.15) is 5.82 Å². The van der Waals surface area contributed by atoms with E-state index in [0.29, 0.717) is 0 Å². The van der Waals surface area contributed by atoms with Crippen molar-refractivity contribution in [2.45, 2.75) is 44.6 Å². The highest BCUT2D eigenvalue weighted by Crippen LogP contribution is 2.31. The SMILES string of the molecule is CC1(Nc2cccc(-c3cnn4ccccc34)n2)CCCCC1. The third kappa shape index (κ3) is 2.81. The van der Waals surface area contributed by atoms with E-state index in [9.17, 15) is 0 Å². The Morgan fingerprint density at radius 3 is 2.78 bits per heavy atom. The zero-order valence-electron chi connectivity index (χ0n) is 13.5. The molecule has 3 aromatic rings. The lowest BCUT2D eigenvalue weighted by atomic mass is 9.83. The van der Waals surface area contributed by atoms with Crippen LogP contribution >= 0.6 is 0 Å². The first kappa shape index (κ1) is 14.2. The minimum atomic E-state index is 0.172. The van der Waals surface area contributed by atoms with Gasteiger partial charge in [0.25, 0.3) is 0 Å². The average Bonchev–Trinajstić information content (AvgIpc) is 2.99. The maximum Gasteiger partial charge on any atom is 0.127 e. The van der Waals surface area contributed by atoms with Gasteiger partial charge in [-0.2, -0.15) is 5.10 Å². The summed E-state index contributed by atoms with van der Waals surface area (Å²) < 4.78 is 1.89. The number of aromatic nitrogens is 3. The molecule has 3 aromatic heterocycles. The number of pyridine rings is 2. The van der Waals surface area contributed by atoms with Crippen LogP contribution in [0, 0.1) is 0 Å². The van der Waals surface area contributed by atoms with Gasteiger partial charge in [0.15, 0.2) is 0 Å². The van der Waals surface area contributed by atoms with E-state index in [1.165, 1.54) is 32.1 Å². The number of fused-ring (bicyclic) bond motifs is 1. The largest absolute Gasteiger partial charge is 0.365 e. The zero-order chi connectivity index (χ0) is 15.7. The third-order valence-corrected chi connectivity index (χ3v) is 4.84. The Labute approximate surface area is 136 Å². The highest BCUT2D eigenvalue weighted by Gasteiger charge is 2.26. The minimum absolute atomic E-state index is 0.172. The normalized spacial score (nSPS) is 17.3. The number of hydrogen-bond acceptors (Lipinski definition) is 3. The van der Waals surface area contributed by atoms with Gasteiger partial charge in [-0.25, -0.2) is 9.50 Å². The van der Waals surface area contributed by atoms with Gasteiger partial charge >= 0.3 is 0 Å². The highest BCUT2D eigenvalue weighted by molar-refractivity contribution is 5.78. The number of hydrogen-bond donors (Lipinski definition) is 1. The van der Waals surface area contributed by atoms with Crippen LogP contribution in [0.1, 0.15) is 39.0 Å². The molecule has 1 aliphatic carbocycles. The Kier molecular flexibility index (Phi) is 3.52. The first-order chi connectivity index (χ1) is 11.2. The average molecular weight is 306 g/mol. The molecule has 0 amide bonds. The molecule has 118 valence electrons. The predicted octanol–water partition coefficient (Wildman–Crippen LogP) is 4.53. The lowest BCUT2D eigenvalue weighted by Crippen LogP contribution is -2.37. The fourth-order valence-electron chi connectivity index (χ4n) is 3.55. The minimum Gasteiger partial charge on any atom is -0.365 e. The molecule has 4 nitrogen and oxygen atoms in total. The smallest absolute Gasteiger partial charge is 0.127 e. The summed E-state index contributed by atoms with van der Waals surface area (Å²) in [6, 6.07) is 12.3. The van der Waals surface area contributed by atoms with Crippen molar-refractivity contribution in [2.24, 2.45) is 0 Å². The monoisotopic (exact) mass is 306 g/mol. The summed E-state index contributed by atoms with van der Waals surface area (Å²) in [6.07, 6.45) is 10.3. The van der Waals surface area contributed by atoms with Gasteiger partial charge < -0.3 is 5.32 Å². The molecule has 0 saturated heterocycles.